The normalized spacial score (nSPS) is 13.9. The number of nitrogens with zero attached hydrogens (tertiary/aromatic N) is 2. The summed E-state index contributed by atoms with van der Waals surface area (Å²) in [5, 5.41) is 1.85. The topological polar surface area (TPSA) is 76.2 Å². The Morgan fingerprint density at radius 3 is 2.45 bits per heavy atom. The molecule has 2 amide bonds. The molecular formula is C20H21FN2O5S. The van der Waals surface area contributed by atoms with Crippen LogP contribution in [0.15, 0.2) is 35.7 Å². The number of hydrogen-bond acceptors (Lipinski definition) is 6. The van der Waals surface area contributed by atoms with E-state index in [1.807, 2.05) is 11.4 Å². The third kappa shape index (κ3) is 5.32. The van der Waals surface area contributed by atoms with Crippen LogP contribution < -0.4 is 4.74 Å². The Morgan fingerprint density at radius 2 is 1.83 bits per heavy atom. The third-order valence-electron chi connectivity index (χ3n) is 4.57. The number of carbonyl (C=O) groups excluding carboxylic acids is 3. The van der Waals surface area contributed by atoms with Gasteiger partial charge in [0.05, 0.1) is 18.4 Å². The molecule has 3 rings (SSSR count). The summed E-state index contributed by atoms with van der Waals surface area (Å²) < 4.78 is 23.5. The number of esters is 1. The Labute approximate surface area is 171 Å². The van der Waals surface area contributed by atoms with Crippen molar-refractivity contribution in [3.63, 3.8) is 0 Å². The molecule has 2 heterocycles. The van der Waals surface area contributed by atoms with Crippen LogP contribution in [0.25, 0.3) is 0 Å². The van der Waals surface area contributed by atoms with Crippen LogP contribution in [0.5, 0.6) is 5.75 Å². The minimum atomic E-state index is -0.616. The summed E-state index contributed by atoms with van der Waals surface area (Å²) in [5.41, 5.74) is 0.432. The maximum atomic E-state index is 13.7. The highest BCUT2D eigenvalue weighted by Gasteiger charge is 2.25. The smallest absolute Gasteiger partial charge is 0.310 e. The lowest BCUT2D eigenvalue weighted by Gasteiger charge is -2.34. The summed E-state index contributed by atoms with van der Waals surface area (Å²) in [7, 11) is 1.36. The monoisotopic (exact) mass is 420 g/mol. The Kier molecular flexibility index (Phi) is 6.82. The fraction of sp³-hybridized carbons (Fsp3) is 0.350. The maximum absolute atomic E-state index is 13.7. The summed E-state index contributed by atoms with van der Waals surface area (Å²) in [6.45, 7) is 1.26. The molecular weight excluding hydrogens is 399 g/mol. The van der Waals surface area contributed by atoms with Crippen molar-refractivity contribution >= 4 is 29.1 Å². The molecule has 7 nitrogen and oxygen atoms in total. The molecule has 0 atom stereocenters. The molecule has 0 bridgehead atoms. The summed E-state index contributed by atoms with van der Waals surface area (Å²) >= 11 is 1.39. The highest BCUT2D eigenvalue weighted by atomic mass is 32.1. The van der Waals surface area contributed by atoms with E-state index in [1.54, 1.807) is 21.9 Å². The summed E-state index contributed by atoms with van der Waals surface area (Å²) in [6.07, 6.45) is -0.142. The largest absolute Gasteiger partial charge is 0.494 e. The first kappa shape index (κ1) is 20.8. The van der Waals surface area contributed by atoms with Crippen LogP contribution in [0, 0.1) is 5.82 Å². The van der Waals surface area contributed by atoms with Crippen molar-refractivity contribution in [2.45, 2.75) is 6.42 Å². The number of methoxy groups -OCH3 is 1. The first-order chi connectivity index (χ1) is 14.0. The number of halogens is 1. The van der Waals surface area contributed by atoms with Crippen molar-refractivity contribution in [2.75, 3.05) is 39.9 Å². The second kappa shape index (κ2) is 9.51. The fourth-order valence-electron chi connectivity index (χ4n) is 2.99. The van der Waals surface area contributed by atoms with Crippen LogP contribution in [0.4, 0.5) is 4.39 Å². The van der Waals surface area contributed by atoms with Gasteiger partial charge in [-0.05, 0) is 29.1 Å². The molecule has 0 N–H and O–H groups in total. The van der Waals surface area contributed by atoms with E-state index in [0.717, 1.165) is 0 Å². The average Bonchev–Trinajstić information content (AvgIpc) is 3.26. The highest BCUT2D eigenvalue weighted by Crippen LogP contribution is 2.18. The van der Waals surface area contributed by atoms with Gasteiger partial charge in [0.2, 0.25) is 0 Å². The molecule has 1 aliphatic rings. The molecule has 9 heteroatoms. The van der Waals surface area contributed by atoms with Gasteiger partial charge >= 0.3 is 5.97 Å². The zero-order valence-corrected chi connectivity index (χ0v) is 16.7. The van der Waals surface area contributed by atoms with Gasteiger partial charge in [-0.1, -0.05) is 12.1 Å². The van der Waals surface area contributed by atoms with Crippen molar-refractivity contribution in [3.8, 4) is 5.75 Å². The summed E-state index contributed by atoms with van der Waals surface area (Å²) in [5.74, 6) is -1.44. The van der Waals surface area contributed by atoms with Crippen molar-refractivity contribution in [1.82, 2.24) is 9.80 Å². The Balaban J connectivity index is 1.42. The first-order valence-electron chi connectivity index (χ1n) is 9.06. The Bertz CT molecular complexity index is 879. The van der Waals surface area contributed by atoms with Crippen LogP contribution in [0.3, 0.4) is 0 Å². The van der Waals surface area contributed by atoms with Gasteiger partial charge in [-0.25, -0.2) is 4.39 Å². The van der Waals surface area contributed by atoms with Gasteiger partial charge < -0.3 is 19.3 Å². The standard InChI is InChI=1S/C20H21FN2O5S/c1-27-16-5-4-14(11-15(16)21)12-19(25)28-13-18(24)22-6-8-23(9-7-22)20(26)17-3-2-10-29-17/h2-5,10-11H,6-9,12-13H2,1H3. The molecule has 1 aromatic heterocycles. The second-order valence-corrected chi connectivity index (χ2v) is 7.40. The molecule has 0 spiro atoms. The van der Waals surface area contributed by atoms with Crippen LogP contribution in [-0.2, 0) is 20.7 Å². The molecule has 1 aromatic carbocycles. The van der Waals surface area contributed by atoms with E-state index in [0.29, 0.717) is 36.6 Å². The van der Waals surface area contributed by atoms with Gasteiger partial charge in [0.25, 0.3) is 11.8 Å². The van der Waals surface area contributed by atoms with Crippen LogP contribution in [0.2, 0.25) is 0 Å². The number of carbonyl (C=O) groups is 3. The lowest BCUT2D eigenvalue weighted by Crippen LogP contribution is -2.51. The van der Waals surface area contributed by atoms with Gasteiger partial charge in [0, 0.05) is 26.2 Å². The minimum absolute atomic E-state index is 0.0368. The maximum Gasteiger partial charge on any atom is 0.310 e. The van der Waals surface area contributed by atoms with Gasteiger partial charge in [0.15, 0.2) is 18.2 Å². The average molecular weight is 420 g/mol. The van der Waals surface area contributed by atoms with Crippen molar-refractivity contribution in [2.24, 2.45) is 0 Å². The molecule has 154 valence electrons. The predicted molar refractivity (Wildman–Crippen MR) is 104 cm³/mol. The lowest BCUT2D eigenvalue weighted by molar-refractivity contribution is -0.152. The van der Waals surface area contributed by atoms with E-state index < -0.39 is 11.8 Å². The SMILES string of the molecule is COc1ccc(CC(=O)OCC(=O)N2CCN(C(=O)c3cccs3)CC2)cc1F. The number of rotatable bonds is 6. The zero-order chi connectivity index (χ0) is 20.8. The van der Waals surface area contributed by atoms with Gasteiger partial charge in [0.1, 0.15) is 0 Å². The molecule has 0 radical (unpaired) electrons. The van der Waals surface area contributed by atoms with E-state index in [2.05, 4.69) is 0 Å². The quantitative estimate of drug-likeness (QED) is 0.668. The number of hydrogen-bond donors (Lipinski definition) is 0. The van der Waals surface area contributed by atoms with Gasteiger partial charge in [-0.3, -0.25) is 14.4 Å². The van der Waals surface area contributed by atoms with E-state index in [-0.39, 0.29) is 30.6 Å². The van der Waals surface area contributed by atoms with Crippen molar-refractivity contribution in [1.29, 1.82) is 0 Å². The lowest BCUT2D eigenvalue weighted by atomic mass is 10.1. The van der Waals surface area contributed by atoms with Crippen molar-refractivity contribution < 1.29 is 28.2 Å². The van der Waals surface area contributed by atoms with E-state index >= 15 is 0 Å². The van der Waals surface area contributed by atoms with E-state index in [4.69, 9.17) is 9.47 Å². The molecule has 1 saturated heterocycles. The van der Waals surface area contributed by atoms with Crippen LogP contribution in [0.1, 0.15) is 15.2 Å². The van der Waals surface area contributed by atoms with Gasteiger partial charge in [-0.2, -0.15) is 0 Å². The number of benzene rings is 1. The van der Waals surface area contributed by atoms with E-state index in [9.17, 15) is 18.8 Å². The van der Waals surface area contributed by atoms with Gasteiger partial charge in [-0.15, -0.1) is 11.3 Å². The number of piperazine rings is 1. The molecule has 29 heavy (non-hydrogen) atoms. The second-order valence-electron chi connectivity index (χ2n) is 6.46. The predicted octanol–water partition coefficient (Wildman–Crippen LogP) is 1.97. The third-order valence-corrected chi connectivity index (χ3v) is 5.43. The zero-order valence-electron chi connectivity index (χ0n) is 15.9. The minimum Gasteiger partial charge on any atom is -0.494 e. The van der Waals surface area contributed by atoms with Crippen molar-refractivity contribution in [3.05, 3.63) is 52.0 Å². The molecule has 1 fully saturated rings. The molecule has 1 aliphatic heterocycles. The number of ether oxygens (including phenoxy) is 2. The first-order valence-corrected chi connectivity index (χ1v) is 9.94. The molecule has 0 unspecified atom stereocenters. The molecule has 2 aromatic rings. The Hall–Kier alpha value is -2.94. The molecule has 0 saturated carbocycles. The number of thiophene rings is 1. The van der Waals surface area contributed by atoms with Crippen LogP contribution in [-0.4, -0.2) is 67.5 Å². The van der Waals surface area contributed by atoms with Crippen LogP contribution >= 0.6 is 11.3 Å². The summed E-state index contributed by atoms with van der Waals surface area (Å²) in [4.78, 5) is 40.5. The summed E-state index contributed by atoms with van der Waals surface area (Å²) in [6, 6.07) is 7.80. The fourth-order valence-corrected chi connectivity index (χ4v) is 3.68. The molecule has 0 aliphatic carbocycles. The number of amides is 2. The van der Waals surface area contributed by atoms with E-state index in [1.165, 1.54) is 30.6 Å². The Morgan fingerprint density at radius 1 is 1.10 bits per heavy atom. The highest BCUT2D eigenvalue weighted by molar-refractivity contribution is 7.12.